The molecule has 5 aromatic rings. The Kier molecular flexibility index (Phi) is 4.14. The normalized spacial score (nSPS) is 13.4. The molecule has 4 N–H and O–H groups in total. The molecule has 32 heavy (non-hydrogen) atoms. The van der Waals surface area contributed by atoms with Gasteiger partial charge in [-0.15, -0.1) is 0 Å². The van der Waals surface area contributed by atoms with E-state index in [1.54, 1.807) is 18.6 Å². The van der Waals surface area contributed by atoms with Gasteiger partial charge in [0.05, 0.1) is 16.9 Å². The summed E-state index contributed by atoms with van der Waals surface area (Å²) >= 11 is 0. The van der Waals surface area contributed by atoms with E-state index < -0.39 is 0 Å². The predicted octanol–water partition coefficient (Wildman–Crippen LogP) is 3.64. The Bertz CT molecular complexity index is 1490. The fraction of sp³-hybridized carbons (Fsp3) is 0.0417. The minimum absolute atomic E-state index is 0.570. The summed E-state index contributed by atoms with van der Waals surface area (Å²) in [5, 5.41) is 7.58. The van der Waals surface area contributed by atoms with Crippen molar-refractivity contribution >= 4 is 16.6 Å². The number of imidazole rings is 1. The molecule has 0 radical (unpaired) electrons. The van der Waals surface area contributed by atoms with Crippen LogP contribution < -0.4 is 5.73 Å². The number of nitrogens with two attached hydrogens (primary N) is 1. The third-order valence-electron chi connectivity index (χ3n) is 5.46. The first-order valence-corrected chi connectivity index (χ1v) is 10.2. The van der Waals surface area contributed by atoms with Gasteiger partial charge < -0.3 is 10.7 Å². The van der Waals surface area contributed by atoms with Gasteiger partial charge in [0.2, 0.25) is 0 Å². The third kappa shape index (κ3) is 3.05. The topological polar surface area (TPSA) is 122 Å². The standard InChI is InChI=1S/C24H18N8/c25-16-3-4-17(15-2-1-9-27-13-15)21-20(12-16)29-24(30-21)23-22-19(31-32-23)6-5-18(28-22)14-7-10-26-11-8-14/h1-11,13H,12,25H2,(H,29,30)(H,31,32). The highest BCUT2D eigenvalue weighted by molar-refractivity contribution is 5.90. The highest BCUT2D eigenvalue weighted by Gasteiger charge is 2.22. The number of H-pyrrole nitrogens is 2. The molecular weight excluding hydrogens is 400 g/mol. The van der Waals surface area contributed by atoms with E-state index in [1.165, 1.54) is 0 Å². The van der Waals surface area contributed by atoms with Crippen LogP contribution in [0.1, 0.15) is 17.0 Å². The second-order valence-corrected chi connectivity index (χ2v) is 7.55. The maximum Gasteiger partial charge on any atom is 0.161 e. The molecule has 5 aromatic heterocycles. The fourth-order valence-corrected chi connectivity index (χ4v) is 3.91. The molecule has 0 aromatic carbocycles. The molecule has 0 unspecified atom stereocenters. The highest BCUT2D eigenvalue weighted by atomic mass is 15.2. The Morgan fingerprint density at radius 3 is 2.59 bits per heavy atom. The van der Waals surface area contributed by atoms with Crippen LogP contribution >= 0.6 is 0 Å². The van der Waals surface area contributed by atoms with Crippen molar-refractivity contribution < 1.29 is 0 Å². The number of allylic oxidation sites excluding steroid dienone is 3. The quantitative estimate of drug-likeness (QED) is 0.411. The van der Waals surface area contributed by atoms with Crippen LogP contribution in [0.15, 0.2) is 79.0 Å². The van der Waals surface area contributed by atoms with Gasteiger partial charge in [0.1, 0.15) is 5.52 Å². The fourth-order valence-electron chi connectivity index (χ4n) is 3.91. The monoisotopic (exact) mass is 418 g/mol. The van der Waals surface area contributed by atoms with E-state index in [1.807, 2.05) is 54.7 Å². The lowest BCUT2D eigenvalue weighted by molar-refractivity contribution is 1.05. The molecule has 0 saturated carbocycles. The molecular formula is C24H18N8. The van der Waals surface area contributed by atoms with Gasteiger partial charge in [-0.05, 0) is 36.4 Å². The lowest BCUT2D eigenvalue weighted by Crippen LogP contribution is -2.01. The molecule has 154 valence electrons. The van der Waals surface area contributed by atoms with Crippen molar-refractivity contribution in [1.82, 2.24) is 35.1 Å². The van der Waals surface area contributed by atoms with Crippen LogP contribution in [-0.4, -0.2) is 35.1 Å². The van der Waals surface area contributed by atoms with E-state index in [4.69, 9.17) is 15.7 Å². The molecule has 0 bridgehead atoms. The molecule has 0 atom stereocenters. The average molecular weight is 418 g/mol. The summed E-state index contributed by atoms with van der Waals surface area (Å²) in [6.45, 7) is 0. The Hall–Kier alpha value is -4.59. The van der Waals surface area contributed by atoms with E-state index in [-0.39, 0.29) is 0 Å². The zero-order valence-electron chi connectivity index (χ0n) is 16.9. The van der Waals surface area contributed by atoms with E-state index >= 15 is 0 Å². The number of nitrogens with zero attached hydrogens (tertiary/aromatic N) is 5. The summed E-state index contributed by atoms with van der Waals surface area (Å²) < 4.78 is 0. The molecule has 6 rings (SSSR count). The number of pyridine rings is 3. The Morgan fingerprint density at radius 1 is 0.844 bits per heavy atom. The highest BCUT2D eigenvalue weighted by Crippen LogP contribution is 2.32. The van der Waals surface area contributed by atoms with Crippen molar-refractivity contribution in [1.29, 1.82) is 0 Å². The van der Waals surface area contributed by atoms with Crippen molar-refractivity contribution in [2.24, 2.45) is 5.73 Å². The lowest BCUT2D eigenvalue weighted by Gasteiger charge is -2.04. The minimum Gasteiger partial charge on any atom is -0.402 e. The maximum atomic E-state index is 6.21. The number of hydrogen-bond donors (Lipinski definition) is 3. The second-order valence-electron chi connectivity index (χ2n) is 7.55. The number of aromatic amines is 2. The molecule has 5 heterocycles. The molecule has 0 aliphatic heterocycles. The lowest BCUT2D eigenvalue weighted by atomic mass is 10.0. The number of nitrogens with one attached hydrogen (secondary N) is 2. The van der Waals surface area contributed by atoms with Crippen molar-refractivity contribution in [3.63, 3.8) is 0 Å². The van der Waals surface area contributed by atoms with Crippen molar-refractivity contribution in [2.45, 2.75) is 6.42 Å². The average Bonchev–Trinajstić information content (AvgIpc) is 3.40. The molecule has 1 aliphatic carbocycles. The smallest absolute Gasteiger partial charge is 0.161 e. The summed E-state index contributed by atoms with van der Waals surface area (Å²) in [5.74, 6) is 0.644. The van der Waals surface area contributed by atoms with E-state index in [9.17, 15) is 0 Å². The Balaban J connectivity index is 1.49. The molecule has 0 amide bonds. The molecule has 0 spiro atoms. The predicted molar refractivity (Wildman–Crippen MR) is 122 cm³/mol. The van der Waals surface area contributed by atoms with Crippen LogP contribution in [0.2, 0.25) is 0 Å². The van der Waals surface area contributed by atoms with Gasteiger partial charge in [0.15, 0.2) is 11.5 Å². The van der Waals surface area contributed by atoms with Crippen LogP contribution in [0, 0.1) is 0 Å². The minimum atomic E-state index is 0.570. The largest absolute Gasteiger partial charge is 0.402 e. The molecule has 0 saturated heterocycles. The van der Waals surface area contributed by atoms with E-state index in [2.05, 4.69) is 25.1 Å². The van der Waals surface area contributed by atoms with Crippen LogP contribution in [0.4, 0.5) is 0 Å². The maximum absolute atomic E-state index is 6.21. The van der Waals surface area contributed by atoms with Gasteiger partial charge in [0.25, 0.3) is 0 Å². The van der Waals surface area contributed by atoms with E-state index in [0.717, 1.165) is 50.5 Å². The Labute approximate surface area is 183 Å². The zero-order valence-corrected chi connectivity index (χ0v) is 16.9. The van der Waals surface area contributed by atoms with Gasteiger partial charge in [0, 0.05) is 59.3 Å². The van der Waals surface area contributed by atoms with Gasteiger partial charge >= 0.3 is 0 Å². The summed E-state index contributed by atoms with van der Waals surface area (Å²) in [4.78, 5) is 21.6. The van der Waals surface area contributed by atoms with Gasteiger partial charge in [-0.2, -0.15) is 5.10 Å². The van der Waals surface area contributed by atoms with Gasteiger partial charge in [-0.1, -0.05) is 12.1 Å². The molecule has 8 nitrogen and oxygen atoms in total. The number of rotatable bonds is 3. The summed E-state index contributed by atoms with van der Waals surface area (Å²) in [5.41, 5.74) is 14.8. The van der Waals surface area contributed by atoms with E-state index in [0.29, 0.717) is 17.9 Å². The first-order chi connectivity index (χ1) is 15.8. The summed E-state index contributed by atoms with van der Waals surface area (Å²) in [6, 6.07) is 11.7. The van der Waals surface area contributed by atoms with Crippen LogP contribution in [-0.2, 0) is 6.42 Å². The summed E-state index contributed by atoms with van der Waals surface area (Å²) in [7, 11) is 0. The number of fused-ring (bicyclic) bond motifs is 2. The van der Waals surface area contributed by atoms with Crippen molar-refractivity contribution in [3.8, 4) is 22.8 Å². The molecule has 0 fully saturated rings. The molecule has 8 heteroatoms. The van der Waals surface area contributed by atoms with Crippen LogP contribution in [0.5, 0.6) is 0 Å². The number of aromatic nitrogens is 7. The first-order valence-electron chi connectivity index (χ1n) is 10.2. The van der Waals surface area contributed by atoms with Gasteiger partial charge in [-0.3, -0.25) is 15.1 Å². The number of hydrogen-bond acceptors (Lipinski definition) is 6. The SMILES string of the molecule is NC1=CC=C(c2cccnc2)c2nc(-c3n[nH]c4ccc(-c5ccncc5)nc34)[nH]c2C1. The third-order valence-corrected chi connectivity index (χ3v) is 5.46. The zero-order chi connectivity index (χ0) is 21.5. The van der Waals surface area contributed by atoms with Crippen LogP contribution in [0.25, 0.3) is 39.4 Å². The first kappa shape index (κ1) is 18.2. The summed E-state index contributed by atoms with van der Waals surface area (Å²) in [6.07, 6.45) is 11.6. The van der Waals surface area contributed by atoms with Crippen molar-refractivity contribution in [2.75, 3.05) is 0 Å². The Morgan fingerprint density at radius 2 is 1.75 bits per heavy atom. The molecule has 1 aliphatic rings. The van der Waals surface area contributed by atoms with Gasteiger partial charge in [-0.25, -0.2) is 9.97 Å². The second kappa shape index (κ2) is 7.28. The van der Waals surface area contributed by atoms with Crippen molar-refractivity contribution in [3.05, 3.63) is 96.0 Å². The van der Waals surface area contributed by atoms with Crippen LogP contribution in [0.3, 0.4) is 0 Å².